The third-order valence-corrected chi connectivity index (χ3v) is 10.1. The van der Waals surface area contributed by atoms with Crippen molar-refractivity contribution in [3.05, 3.63) is 77.7 Å². The molecule has 1 fully saturated rings. The second-order valence-corrected chi connectivity index (χ2v) is 12.0. The number of rotatable bonds is 7. The molecule has 158 valence electrons. The summed E-state index contributed by atoms with van der Waals surface area (Å²) in [7, 11) is -7.50. The van der Waals surface area contributed by atoms with Gasteiger partial charge in [-0.05, 0) is 48.1 Å². The molecule has 1 aliphatic heterocycles. The van der Waals surface area contributed by atoms with E-state index in [1.54, 1.807) is 29.6 Å². The van der Waals surface area contributed by atoms with Crippen LogP contribution in [0.5, 0.6) is 0 Å². The zero-order valence-electron chi connectivity index (χ0n) is 16.2. The van der Waals surface area contributed by atoms with Gasteiger partial charge < -0.3 is 0 Å². The maximum Gasteiger partial charge on any atom is 0.274 e. The number of sulfonamides is 2. The van der Waals surface area contributed by atoms with E-state index in [0.717, 1.165) is 29.7 Å². The molecule has 2 heterocycles. The summed E-state index contributed by atoms with van der Waals surface area (Å²) < 4.78 is 55.7. The monoisotopic (exact) mass is 462 g/mol. The average Bonchev–Trinajstić information content (AvgIpc) is 3.47. The van der Waals surface area contributed by atoms with E-state index in [9.17, 15) is 16.8 Å². The van der Waals surface area contributed by atoms with Crippen LogP contribution in [0.3, 0.4) is 0 Å². The Kier molecular flexibility index (Phi) is 5.97. The summed E-state index contributed by atoms with van der Waals surface area (Å²) in [6.45, 7) is 1.09. The van der Waals surface area contributed by atoms with Crippen LogP contribution in [-0.4, -0.2) is 34.2 Å². The van der Waals surface area contributed by atoms with Crippen molar-refractivity contribution >= 4 is 37.1 Å². The van der Waals surface area contributed by atoms with Crippen molar-refractivity contribution in [1.82, 2.24) is 4.31 Å². The Morgan fingerprint density at radius 1 is 0.867 bits per heavy atom. The van der Waals surface area contributed by atoms with Gasteiger partial charge in [0.2, 0.25) is 10.0 Å². The van der Waals surface area contributed by atoms with Gasteiger partial charge in [-0.1, -0.05) is 42.5 Å². The molecule has 0 bridgehead atoms. The summed E-state index contributed by atoms with van der Waals surface area (Å²) in [5.74, 6) is 0. The van der Waals surface area contributed by atoms with Crippen LogP contribution in [0.4, 0.5) is 5.69 Å². The van der Waals surface area contributed by atoms with E-state index in [-0.39, 0.29) is 15.6 Å². The molecule has 0 unspecified atom stereocenters. The second kappa shape index (κ2) is 8.50. The highest BCUT2D eigenvalue weighted by Gasteiger charge is 2.30. The quantitative estimate of drug-likeness (QED) is 0.533. The van der Waals surface area contributed by atoms with Gasteiger partial charge in [0.1, 0.15) is 4.21 Å². The Morgan fingerprint density at radius 3 is 2.27 bits per heavy atom. The summed E-state index contributed by atoms with van der Waals surface area (Å²) in [5.41, 5.74) is 1.14. The van der Waals surface area contributed by atoms with E-state index in [0.29, 0.717) is 18.8 Å². The fourth-order valence-corrected chi connectivity index (χ4v) is 7.57. The van der Waals surface area contributed by atoms with Gasteiger partial charge in [0.25, 0.3) is 10.0 Å². The van der Waals surface area contributed by atoms with Gasteiger partial charge in [0.15, 0.2) is 0 Å². The molecule has 0 spiro atoms. The number of thiophene rings is 1. The number of nitrogens with zero attached hydrogens (tertiary/aromatic N) is 2. The van der Waals surface area contributed by atoms with Crippen LogP contribution in [0.2, 0.25) is 0 Å². The lowest BCUT2D eigenvalue weighted by Crippen LogP contribution is -2.31. The highest BCUT2D eigenvalue weighted by Crippen LogP contribution is 2.31. The first-order chi connectivity index (χ1) is 14.4. The highest BCUT2D eigenvalue weighted by atomic mass is 32.2. The van der Waals surface area contributed by atoms with Gasteiger partial charge in [0, 0.05) is 13.1 Å². The Balaban J connectivity index is 1.78. The molecule has 9 heteroatoms. The lowest BCUT2D eigenvalue weighted by Gasteiger charge is -2.25. The molecule has 0 amide bonds. The minimum absolute atomic E-state index is 0.105. The first-order valence-corrected chi connectivity index (χ1v) is 13.4. The first kappa shape index (κ1) is 21.0. The fraction of sp³-hybridized carbons (Fsp3) is 0.238. The molecule has 1 saturated heterocycles. The average molecular weight is 463 g/mol. The van der Waals surface area contributed by atoms with Crippen LogP contribution in [0, 0.1) is 0 Å². The van der Waals surface area contributed by atoms with Crippen LogP contribution < -0.4 is 4.31 Å². The van der Waals surface area contributed by atoms with E-state index in [1.807, 2.05) is 30.3 Å². The van der Waals surface area contributed by atoms with Gasteiger partial charge >= 0.3 is 0 Å². The van der Waals surface area contributed by atoms with E-state index >= 15 is 0 Å². The molecule has 0 N–H and O–H groups in total. The normalized spacial score (nSPS) is 15.3. The Morgan fingerprint density at radius 2 is 1.60 bits per heavy atom. The third-order valence-electron chi connectivity index (χ3n) is 5.02. The number of hydrogen-bond acceptors (Lipinski definition) is 5. The van der Waals surface area contributed by atoms with Gasteiger partial charge in [0.05, 0.1) is 17.1 Å². The van der Waals surface area contributed by atoms with Crippen molar-refractivity contribution in [3.8, 4) is 0 Å². The molecule has 4 rings (SSSR count). The summed E-state index contributed by atoms with van der Waals surface area (Å²) in [4.78, 5) is 0.112. The number of hydrogen-bond donors (Lipinski definition) is 0. The summed E-state index contributed by atoms with van der Waals surface area (Å²) in [6.07, 6.45) is 1.68. The molecule has 0 radical (unpaired) electrons. The second-order valence-electron chi connectivity index (χ2n) is 7.04. The van der Waals surface area contributed by atoms with Crippen molar-refractivity contribution in [1.29, 1.82) is 0 Å². The summed E-state index contributed by atoms with van der Waals surface area (Å²) in [5, 5.41) is 1.71. The molecule has 1 aliphatic rings. The maximum atomic E-state index is 13.4. The molecule has 0 aliphatic carbocycles. The van der Waals surface area contributed by atoms with Gasteiger partial charge in [-0.2, -0.15) is 4.31 Å². The Bertz CT molecular complexity index is 1200. The number of benzene rings is 2. The predicted molar refractivity (Wildman–Crippen MR) is 119 cm³/mol. The van der Waals surface area contributed by atoms with Crippen LogP contribution in [0.25, 0.3) is 0 Å². The molecular weight excluding hydrogens is 440 g/mol. The maximum absolute atomic E-state index is 13.4. The Labute approximate surface area is 181 Å². The Hall–Kier alpha value is -2.20. The minimum Gasteiger partial charge on any atom is -0.261 e. The lowest BCUT2D eigenvalue weighted by atomic mass is 10.2. The third kappa shape index (κ3) is 4.15. The molecule has 1 aromatic heterocycles. The largest absolute Gasteiger partial charge is 0.274 e. The van der Waals surface area contributed by atoms with Crippen LogP contribution in [-0.2, 0) is 26.6 Å². The van der Waals surface area contributed by atoms with E-state index in [4.69, 9.17) is 0 Å². The van der Waals surface area contributed by atoms with Crippen LogP contribution >= 0.6 is 11.3 Å². The predicted octanol–water partition coefficient (Wildman–Crippen LogP) is 3.93. The van der Waals surface area contributed by atoms with Gasteiger partial charge in [-0.15, -0.1) is 11.3 Å². The summed E-state index contributed by atoms with van der Waals surface area (Å²) in [6, 6.07) is 18.7. The van der Waals surface area contributed by atoms with Crippen LogP contribution in [0.15, 0.2) is 81.2 Å². The standard InChI is InChI=1S/C21H22N2O4S3/c24-29(25,22-13-4-5-14-22)20-11-6-10-19(16-20)23(17-18-8-2-1-3-9-18)30(26,27)21-12-7-15-28-21/h1-3,6-12,15-16H,4-5,13-14,17H2. The van der Waals surface area contributed by atoms with Crippen LogP contribution in [0.1, 0.15) is 18.4 Å². The molecule has 0 saturated carbocycles. The minimum atomic E-state index is -3.85. The fourth-order valence-electron chi connectivity index (χ4n) is 3.46. The molecule has 3 aromatic rings. The van der Waals surface area contributed by atoms with E-state index < -0.39 is 20.0 Å². The van der Waals surface area contributed by atoms with Crippen molar-refractivity contribution in [2.75, 3.05) is 17.4 Å². The SMILES string of the molecule is O=S(=O)(c1cccc(N(Cc2ccccc2)S(=O)(=O)c2cccs2)c1)N1CCCC1. The molecular formula is C21H22N2O4S3. The van der Waals surface area contributed by atoms with Crippen molar-refractivity contribution in [3.63, 3.8) is 0 Å². The molecule has 2 aromatic carbocycles. The highest BCUT2D eigenvalue weighted by molar-refractivity contribution is 7.94. The zero-order chi connectivity index (χ0) is 21.2. The molecule has 6 nitrogen and oxygen atoms in total. The van der Waals surface area contributed by atoms with E-state index in [2.05, 4.69) is 0 Å². The van der Waals surface area contributed by atoms with Crippen molar-refractivity contribution < 1.29 is 16.8 Å². The van der Waals surface area contributed by atoms with Gasteiger partial charge in [-0.25, -0.2) is 16.8 Å². The molecule has 0 atom stereocenters. The zero-order valence-corrected chi connectivity index (χ0v) is 18.7. The lowest BCUT2D eigenvalue weighted by molar-refractivity contribution is 0.477. The van der Waals surface area contributed by atoms with Gasteiger partial charge in [-0.3, -0.25) is 4.31 Å². The topological polar surface area (TPSA) is 74.8 Å². The first-order valence-electron chi connectivity index (χ1n) is 9.59. The number of anilines is 1. The smallest absolute Gasteiger partial charge is 0.261 e. The summed E-state index contributed by atoms with van der Waals surface area (Å²) >= 11 is 1.14. The van der Waals surface area contributed by atoms with E-state index in [1.165, 1.54) is 20.7 Å². The molecule has 30 heavy (non-hydrogen) atoms. The van der Waals surface area contributed by atoms with Crippen molar-refractivity contribution in [2.45, 2.75) is 28.5 Å². The van der Waals surface area contributed by atoms with Crippen molar-refractivity contribution in [2.24, 2.45) is 0 Å².